The largest absolute Gasteiger partial charge is 0.497 e. The van der Waals surface area contributed by atoms with Gasteiger partial charge in [0.15, 0.2) is 0 Å². The van der Waals surface area contributed by atoms with Crippen LogP contribution in [0, 0.1) is 0 Å². The van der Waals surface area contributed by atoms with Gasteiger partial charge in [0.05, 0.1) is 14.2 Å². The number of aldehydes is 1. The minimum atomic E-state index is -1.02. The number of β-lactam (4-membered cyclic amide) rings is 1. The minimum Gasteiger partial charge on any atom is -0.497 e. The van der Waals surface area contributed by atoms with E-state index in [0.717, 1.165) is 4.90 Å². The molecular formula is C19H17NO6. The van der Waals surface area contributed by atoms with Crippen LogP contribution in [0.2, 0.25) is 0 Å². The maximum atomic E-state index is 12.5. The van der Waals surface area contributed by atoms with E-state index in [4.69, 9.17) is 14.2 Å². The second-order valence-electron chi connectivity index (χ2n) is 5.58. The molecule has 2 amide bonds. The fourth-order valence-electron chi connectivity index (χ4n) is 2.64. The molecule has 1 heterocycles. The zero-order valence-electron chi connectivity index (χ0n) is 14.2. The molecule has 0 saturated carbocycles. The van der Waals surface area contributed by atoms with Crippen LogP contribution in [0.15, 0.2) is 48.5 Å². The van der Waals surface area contributed by atoms with Gasteiger partial charge in [0.2, 0.25) is 6.10 Å². The molecule has 0 bridgehead atoms. The third-order valence-electron chi connectivity index (χ3n) is 4.11. The molecule has 3 rings (SSSR count). The van der Waals surface area contributed by atoms with Crippen LogP contribution < -0.4 is 14.2 Å². The van der Waals surface area contributed by atoms with Crippen LogP contribution in [0.4, 0.5) is 0 Å². The van der Waals surface area contributed by atoms with Gasteiger partial charge in [-0.25, -0.2) is 0 Å². The number of carbonyl (C=O) groups excluding carboxylic acids is 3. The Morgan fingerprint density at radius 3 is 1.92 bits per heavy atom. The van der Waals surface area contributed by atoms with Gasteiger partial charge in [-0.3, -0.25) is 14.5 Å². The summed E-state index contributed by atoms with van der Waals surface area (Å²) in [7, 11) is 3.05. The summed E-state index contributed by atoms with van der Waals surface area (Å²) in [4.78, 5) is 37.2. The van der Waals surface area contributed by atoms with E-state index in [-0.39, 0.29) is 5.56 Å². The van der Waals surface area contributed by atoms with Crippen molar-refractivity contribution in [2.24, 2.45) is 0 Å². The summed E-state index contributed by atoms with van der Waals surface area (Å²) in [6.07, 6.45) is -0.486. The molecule has 1 aliphatic heterocycles. The van der Waals surface area contributed by atoms with Gasteiger partial charge < -0.3 is 19.0 Å². The van der Waals surface area contributed by atoms with Crippen molar-refractivity contribution in [1.29, 1.82) is 0 Å². The lowest BCUT2D eigenvalue weighted by Gasteiger charge is -2.41. The van der Waals surface area contributed by atoms with E-state index in [2.05, 4.69) is 0 Å². The van der Waals surface area contributed by atoms with Gasteiger partial charge in [-0.2, -0.15) is 0 Å². The molecule has 0 aliphatic carbocycles. The molecule has 0 spiro atoms. The maximum absolute atomic E-state index is 12.5. The zero-order valence-corrected chi connectivity index (χ0v) is 14.2. The van der Waals surface area contributed by atoms with Crippen LogP contribution in [-0.2, 0) is 9.59 Å². The molecule has 2 aromatic carbocycles. The highest BCUT2D eigenvalue weighted by molar-refractivity contribution is 6.13. The van der Waals surface area contributed by atoms with Crippen molar-refractivity contribution in [3.63, 3.8) is 0 Å². The van der Waals surface area contributed by atoms with E-state index in [1.54, 1.807) is 36.4 Å². The van der Waals surface area contributed by atoms with Gasteiger partial charge in [0.25, 0.3) is 11.8 Å². The van der Waals surface area contributed by atoms with Gasteiger partial charge in [0, 0.05) is 5.56 Å². The average Bonchev–Trinajstić information content (AvgIpc) is 2.70. The molecule has 1 saturated heterocycles. The van der Waals surface area contributed by atoms with E-state index in [0.29, 0.717) is 23.5 Å². The fraction of sp³-hybridized carbons (Fsp3) is 0.211. The first-order chi connectivity index (χ1) is 12.6. The van der Waals surface area contributed by atoms with Gasteiger partial charge in [0.1, 0.15) is 29.6 Å². The summed E-state index contributed by atoms with van der Waals surface area (Å²) in [5.74, 6) is 0.528. The quantitative estimate of drug-likeness (QED) is 0.446. The van der Waals surface area contributed by atoms with Gasteiger partial charge >= 0.3 is 0 Å². The van der Waals surface area contributed by atoms with Crippen LogP contribution >= 0.6 is 0 Å². The first-order valence-corrected chi connectivity index (χ1v) is 7.86. The predicted molar refractivity (Wildman–Crippen MR) is 91.4 cm³/mol. The van der Waals surface area contributed by atoms with Crippen LogP contribution in [0.5, 0.6) is 17.2 Å². The van der Waals surface area contributed by atoms with Crippen LogP contribution in [0.1, 0.15) is 10.4 Å². The van der Waals surface area contributed by atoms with Crippen molar-refractivity contribution < 1.29 is 28.6 Å². The van der Waals surface area contributed by atoms with Crippen LogP contribution in [0.25, 0.3) is 0 Å². The molecule has 1 aliphatic rings. The normalized spacial score (nSPS) is 18.7. The Kier molecular flexibility index (Phi) is 4.88. The van der Waals surface area contributed by atoms with E-state index in [1.807, 2.05) is 0 Å². The van der Waals surface area contributed by atoms with Crippen molar-refractivity contribution in [3.8, 4) is 17.2 Å². The fourth-order valence-corrected chi connectivity index (χ4v) is 2.64. The topological polar surface area (TPSA) is 82.1 Å². The second-order valence-corrected chi connectivity index (χ2v) is 5.58. The number of imide groups is 1. The number of hydrogen-bond donors (Lipinski definition) is 0. The third kappa shape index (κ3) is 3.11. The van der Waals surface area contributed by atoms with E-state index in [9.17, 15) is 14.4 Å². The number of carbonyl (C=O) groups is 3. The molecule has 134 valence electrons. The minimum absolute atomic E-state index is 0.286. The summed E-state index contributed by atoms with van der Waals surface area (Å²) < 4.78 is 15.7. The summed E-state index contributed by atoms with van der Waals surface area (Å²) in [5, 5.41) is 0. The van der Waals surface area contributed by atoms with Crippen LogP contribution in [-0.4, -0.2) is 49.4 Å². The van der Waals surface area contributed by atoms with E-state index in [1.165, 1.54) is 26.4 Å². The third-order valence-corrected chi connectivity index (χ3v) is 4.11. The van der Waals surface area contributed by atoms with E-state index >= 15 is 0 Å². The molecule has 2 atom stereocenters. The molecule has 1 fully saturated rings. The zero-order chi connectivity index (χ0) is 18.7. The van der Waals surface area contributed by atoms with Crippen molar-refractivity contribution in [2.45, 2.75) is 12.1 Å². The Bertz CT molecular complexity index is 815. The number of likely N-dealkylation sites (tertiary alicyclic amines) is 1. The lowest BCUT2D eigenvalue weighted by molar-refractivity contribution is -0.159. The standard InChI is InChI=1S/C19H17NO6/c1-24-13-5-3-12(4-6-13)18(22)20-16(11-21)17(19(20)23)26-15-9-7-14(25-2)8-10-15/h3-11,16-17H,1-2H3/t16-,17+/m0/s1. The van der Waals surface area contributed by atoms with Crippen LogP contribution in [0.3, 0.4) is 0 Å². The Morgan fingerprint density at radius 1 is 0.923 bits per heavy atom. The molecule has 0 unspecified atom stereocenters. The highest BCUT2D eigenvalue weighted by atomic mass is 16.5. The SMILES string of the molecule is COc1ccc(O[C@H]2C(=O)N(C(=O)c3ccc(OC)cc3)[C@H]2C=O)cc1. The number of amides is 2. The molecule has 7 heteroatoms. The average molecular weight is 355 g/mol. The van der Waals surface area contributed by atoms with Crippen molar-refractivity contribution in [3.05, 3.63) is 54.1 Å². The Hall–Kier alpha value is -3.35. The van der Waals surface area contributed by atoms with Crippen molar-refractivity contribution >= 4 is 18.1 Å². The Labute approximate surface area is 150 Å². The molecule has 0 aromatic heterocycles. The molecule has 0 radical (unpaired) electrons. The smallest absolute Gasteiger partial charge is 0.274 e. The summed E-state index contributed by atoms with van der Waals surface area (Å²) in [6, 6.07) is 11.9. The maximum Gasteiger partial charge on any atom is 0.274 e. The molecule has 2 aromatic rings. The van der Waals surface area contributed by atoms with Gasteiger partial charge in [-0.1, -0.05) is 0 Å². The number of hydrogen-bond acceptors (Lipinski definition) is 6. The summed E-state index contributed by atoms with van der Waals surface area (Å²) in [5.41, 5.74) is 0.286. The number of methoxy groups -OCH3 is 2. The highest BCUT2D eigenvalue weighted by Gasteiger charge is 2.52. The second kappa shape index (κ2) is 7.26. The predicted octanol–water partition coefficient (Wildman–Crippen LogP) is 1.70. The summed E-state index contributed by atoms with van der Waals surface area (Å²) in [6.45, 7) is 0. The summed E-state index contributed by atoms with van der Waals surface area (Å²) >= 11 is 0. The number of ether oxygens (including phenoxy) is 3. The highest BCUT2D eigenvalue weighted by Crippen LogP contribution is 2.28. The Balaban J connectivity index is 1.72. The number of nitrogens with zero attached hydrogens (tertiary/aromatic N) is 1. The lowest BCUT2D eigenvalue weighted by atomic mass is 9.97. The first kappa shape index (κ1) is 17.5. The molecule has 26 heavy (non-hydrogen) atoms. The molecule has 0 N–H and O–H groups in total. The Morgan fingerprint density at radius 2 is 1.42 bits per heavy atom. The van der Waals surface area contributed by atoms with Crippen molar-refractivity contribution in [1.82, 2.24) is 4.90 Å². The first-order valence-electron chi connectivity index (χ1n) is 7.86. The number of benzene rings is 2. The molecule has 7 nitrogen and oxygen atoms in total. The van der Waals surface area contributed by atoms with Crippen molar-refractivity contribution in [2.75, 3.05) is 14.2 Å². The van der Waals surface area contributed by atoms with Gasteiger partial charge in [-0.15, -0.1) is 0 Å². The monoisotopic (exact) mass is 355 g/mol. The lowest BCUT2D eigenvalue weighted by Crippen LogP contribution is -2.69. The van der Waals surface area contributed by atoms with Gasteiger partial charge in [-0.05, 0) is 48.5 Å². The molecular weight excluding hydrogens is 338 g/mol. The number of rotatable bonds is 6. The van der Waals surface area contributed by atoms with E-state index < -0.39 is 24.0 Å².